The molecule has 3 nitrogen and oxygen atoms in total. The van der Waals surface area contributed by atoms with Crippen LogP contribution in [0, 0.1) is 0 Å². The quantitative estimate of drug-likeness (QED) is 0.654. The van der Waals surface area contributed by atoms with E-state index in [0.717, 1.165) is 18.7 Å². The number of nitrogens with zero attached hydrogens (tertiary/aromatic N) is 1. The Bertz CT molecular complexity index is 254. The molecular weight excluding hydrogens is 128 g/mol. The van der Waals surface area contributed by atoms with E-state index < -0.39 is 0 Å². The monoisotopic (exact) mass is 138 g/mol. The summed E-state index contributed by atoms with van der Waals surface area (Å²) >= 11 is 0. The number of rotatable bonds is 2. The highest BCUT2D eigenvalue weighted by atomic mass is 16.1. The molecular formula is C7H10N2O. The number of aromatic amines is 1. The van der Waals surface area contributed by atoms with Crippen molar-refractivity contribution in [2.75, 3.05) is 0 Å². The van der Waals surface area contributed by atoms with Crippen LogP contribution in [0.4, 0.5) is 0 Å². The van der Waals surface area contributed by atoms with E-state index in [-0.39, 0.29) is 5.56 Å². The molecule has 0 aliphatic carbocycles. The fourth-order valence-corrected chi connectivity index (χ4v) is 0.775. The fourth-order valence-electron chi connectivity index (χ4n) is 0.775. The van der Waals surface area contributed by atoms with Crippen molar-refractivity contribution in [3.63, 3.8) is 0 Å². The van der Waals surface area contributed by atoms with E-state index >= 15 is 0 Å². The predicted molar refractivity (Wildman–Crippen MR) is 38.9 cm³/mol. The molecule has 1 heterocycles. The molecule has 1 rings (SSSR count). The summed E-state index contributed by atoms with van der Waals surface area (Å²) in [6.45, 7) is 2.05. The Morgan fingerprint density at radius 2 is 2.50 bits per heavy atom. The van der Waals surface area contributed by atoms with Crippen molar-refractivity contribution in [1.29, 1.82) is 0 Å². The number of aromatic nitrogens is 2. The Balaban J connectivity index is 2.85. The Hall–Kier alpha value is -1.12. The standard InChI is InChI=1S/C7H10N2O/c1-2-3-6-8-5-4-7(10)9-6/h4-5H,2-3H2,1H3,(H,8,9,10). The van der Waals surface area contributed by atoms with E-state index in [1.165, 1.54) is 12.3 Å². The summed E-state index contributed by atoms with van der Waals surface area (Å²) < 4.78 is 0. The van der Waals surface area contributed by atoms with Gasteiger partial charge in [0.05, 0.1) is 0 Å². The molecule has 0 radical (unpaired) electrons. The first-order valence-electron chi connectivity index (χ1n) is 3.37. The molecule has 0 saturated heterocycles. The first-order valence-corrected chi connectivity index (χ1v) is 3.37. The Kier molecular flexibility index (Phi) is 2.20. The van der Waals surface area contributed by atoms with Gasteiger partial charge in [-0.1, -0.05) is 6.92 Å². The second-order valence-electron chi connectivity index (χ2n) is 2.13. The highest BCUT2D eigenvalue weighted by Crippen LogP contribution is 1.88. The minimum Gasteiger partial charge on any atom is -0.311 e. The second-order valence-corrected chi connectivity index (χ2v) is 2.13. The summed E-state index contributed by atoms with van der Waals surface area (Å²) in [6, 6.07) is 1.42. The lowest BCUT2D eigenvalue weighted by molar-refractivity contribution is 0.825. The third-order valence-corrected chi connectivity index (χ3v) is 1.21. The van der Waals surface area contributed by atoms with Gasteiger partial charge in [0.25, 0.3) is 5.56 Å². The van der Waals surface area contributed by atoms with Gasteiger partial charge in [-0.25, -0.2) is 4.98 Å². The topological polar surface area (TPSA) is 45.8 Å². The summed E-state index contributed by atoms with van der Waals surface area (Å²) in [7, 11) is 0. The largest absolute Gasteiger partial charge is 0.311 e. The number of aryl methyl sites for hydroxylation is 1. The maximum absolute atomic E-state index is 10.7. The average molecular weight is 138 g/mol. The summed E-state index contributed by atoms with van der Waals surface area (Å²) in [5.41, 5.74) is -0.0709. The maximum Gasteiger partial charge on any atom is 0.250 e. The van der Waals surface area contributed by atoms with Crippen molar-refractivity contribution >= 4 is 0 Å². The molecule has 0 fully saturated rings. The van der Waals surface area contributed by atoms with Crippen LogP contribution in [-0.4, -0.2) is 9.97 Å². The van der Waals surface area contributed by atoms with Crippen molar-refractivity contribution in [2.45, 2.75) is 19.8 Å². The Morgan fingerprint density at radius 3 is 3.10 bits per heavy atom. The number of hydrogen-bond acceptors (Lipinski definition) is 2. The minimum atomic E-state index is -0.0709. The zero-order chi connectivity index (χ0) is 7.40. The Labute approximate surface area is 59.1 Å². The molecule has 0 aliphatic heterocycles. The number of nitrogens with one attached hydrogen (secondary N) is 1. The van der Waals surface area contributed by atoms with Crippen LogP contribution < -0.4 is 5.56 Å². The summed E-state index contributed by atoms with van der Waals surface area (Å²) in [5.74, 6) is 0.773. The zero-order valence-corrected chi connectivity index (χ0v) is 5.92. The molecule has 0 saturated carbocycles. The van der Waals surface area contributed by atoms with Gasteiger partial charge in [0.1, 0.15) is 5.82 Å². The molecule has 54 valence electrons. The van der Waals surface area contributed by atoms with Crippen LogP contribution in [0.3, 0.4) is 0 Å². The van der Waals surface area contributed by atoms with Gasteiger partial charge in [0.2, 0.25) is 0 Å². The van der Waals surface area contributed by atoms with Gasteiger partial charge < -0.3 is 4.98 Å². The van der Waals surface area contributed by atoms with Crippen LogP contribution in [0.1, 0.15) is 19.2 Å². The van der Waals surface area contributed by atoms with Gasteiger partial charge in [-0.15, -0.1) is 0 Å². The summed E-state index contributed by atoms with van der Waals surface area (Å²) in [6.07, 6.45) is 3.38. The third-order valence-electron chi connectivity index (χ3n) is 1.21. The fraction of sp³-hybridized carbons (Fsp3) is 0.429. The van der Waals surface area contributed by atoms with Crippen molar-refractivity contribution < 1.29 is 0 Å². The van der Waals surface area contributed by atoms with Crippen molar-refractivity contribution in [3.8, 4) is 0 Å². The SMILES string of the molecule is CCCc1nccc(=O)[nH]1. The van der Waals surface area contributed by atoms with Crippen LogP contribution in [0.2, 0.25) is 0 Å². The van der Waals surface area contributed by atoms with Gasteiger partial charge in [0, 0.05) is 18.7 Å². The summed E-state index contributed by atoms with van der Waals surface area (Å²) in [4.78, 5) is 17.3. The Morgan fingerprint density at radius 1 is 1.70 bits per heavy atom. The molecule has 0 atom stereocenters. The van der Waals surface area contributed by atoms with Crippen LogP contribution in [-0.2, 0) is 6.42 Å². The summed E-state index contributed by atoms with van der Waals surface area (Å²) in [5, 5.41) is 0. The van der Waals surface area contributed by atoms with Crippen LogP contribution in [0.15, 0.2) is 17.1 Å². The molecule has 0 bridgehead atoms. The van der Waals surface area contributed by atoms with E-state index in [1.54, 1.807) is 0 Å². The third kappa shape index (κ3) is 1.69. The van der Waals surface area contributed by atoms with Gasteiger partial charge in [-0.3, -0.25) is 4.79 Å². The molecule has 0 unspecified atom stereocenters. The molecule has 0 spiro atoms. The molecule has 0 aromatic carbocycles. The smallest absolute Gasteiger partial charge is 0.250 e. The number of hydrogen-bond donors (Lipinski definition) is 1. The van der Waals surface area contributed by atoms with Gasteiger partial charge in [0.15, 0.2) is 0 Å². The number of H-pyrrole nitrogens is 1. The van der Waals surface area contributed by atoms with Crippen molar-refractivity contribution in [1.82, 2.24) is 9.97 Å². The highest BCUT2D eigenvalue weighted by molar-refractivity contribution is 4.88. The van der Waals surface area contributed by atoms with E-state index in [1.807, 2.05) is 6.92 Å². The van der Waals surface area contributed by atoms with E-state index in [4.69, 9.17) is 0 Å². The van der Waals surface area contributed by atoms with Crippen LogP contribution in [0.25, 0.3) is 0 Å². The molecule has 1 aromatic rings. The van der Waals surface area contributed by atoms with Gasteiger partial charge in [-0.05, 0) is 6.42 Å². The van der Waals surface area contributed by atoms with E-state index in [0.29, 0.717) is 0 Å². The zero-order valence-electron chi connectivity index (χ0n) is 5.92. The normalized spacial score (nSPS) is 9.70. The highest BCUT2D eigenvalue weighted by Gasteiger charge is 1.90. The van der Waals surface area contributed by atoms with Crippen LogP contribution in [0.5, 0.6) is 0 Å². The molecule has 1 N–H and O–H groups in total. The van der Waals surface area contributed by atoms with Crippen molar-refractivity contribution in [2.24, 2.45) is 0 Å². The lowest BCUT2D eigenvalue weighted by Crippen LogP contribution is -2.08. The minimum absolute atomic E-state index is 0.0709. The molecule has 3 heteroatoms. The van der Waals surface area contributed by atoms with Crippen LogP contribution >= 0.6 is 0 Å². The molecule has 0 aliphatic rings. The lowest BCUT2D eigenvalue weighted by atomic mass is 10.3. The molecule has 0 amide bonds. The first kappa shape index (κ1) is 6.99. The van der Waals surface area contributed by atoms with E-state index in [2.05, 4.69) is 9.97 Å². The van der Waals surface area contributed by atoms with Crippen molar-refractivity contribution in [3.05, 3.63) is 28.4 Å². The maximum atomic E-state index is 10.7. The molecule has 1 aromatic heterocycles. The average Bonchev–Trinajstić information content (AvgIpc) is 1.88. The van der Waals surface area contributed by atoms with E-state index in [9.17, 15) is 4.79 Å². The lowest BCUT2D eigenvalue weighted by Gasteiger charge is -1.93. The van der Waals surface area contributed by atoms with Gasteiger partial charge in [-0.2, -0.15) is 0 Å². The first-order chi connectivity index (χ1) is 4.83. The predicted octanol–water partition coefficient (Wildman–Crippen LogP) is 0.722. The second kappa shape index (κ2) is 3.15. The van der Waals surface area contributed by atoms with Gasteiger partial charge >= 0.3 is 0 Å². The molecule has 10 heavy (non-hydrogen) atoms.